The number of benzene rings is 1. The van der Waals surface area contributed by atoms with Gasteiger partial charge in [-0.3, -0.25) is 0 Å². The first-order valence-electron chi connectivity index (χ1n) is 7.34. The Bertz CT molecular complexity index is 691. The second-order valence-corrected chi connectivity index (χ2v) is 6.29. The molecule has 6 heteroatoms. The number of hydrogen-bond acceptors (Lipinski definition) is 2. The normalized spacial score (nSPS) is 16.7. The zero-order valence-corrected chi connectivity index (χ0v) is 13.3. The lowest BCUT2D eigenvalue weighted by Gasteiger charge is -2.22. The summed E-state index contributed by atoms with van der Waals surface area (Å²) >= 11 is 11.2. The van der Waals surface area contributed by atoms with Crippen LogP contribution in [0.25, 0.3) is 11.0 Å². The Kier molecular flexibility index (Phi) is 4.62. The number of rotatable bonds is 4. The lowest BCUT2D eigenvalue weighted by atomic mass is 9.98. The molecule has 0 spiro atoms. The summed E-state index contributed by atoms with van der Waals surface area (Å²) in [4.78, 5) is 3.01. The summed E-state index contributed by atoms with van der Waals surface area (Å²) in [5.74, 6) is -0.439. The fourth-order valence-electron chi connectivity index (χ4n) is 2.92. The van der Waals surface area contributed by atoms with E-state index in [0.29, 0.717) is 29.5 Å². The first-order valence-corrected chi connectivity index (χ1v) is 8.13. The van der Waals surface area contributed by atoms with Gasteiger partial charge in [-0.25, -0.2) is 4.39 Å². The first-order chi connectivity index (χ1) is 10.1. The van der Waals surface area contributed by atoms with Crippen molar-refractivity contribution in [2.24, 2.45) is 0 Å². The maximum Gasteiger partial charge on any atom is 0.178 e. The Morgan fingerprint density at radius 3 is 2.86 bits per heavy atom. The molecule has 1 aliphatic rings. The molecule has 0 bridgehead atoms. The van der Waals surface area contributed by atoms with Crippen LogP contribution in [0.15, 0.2) is 12.1 Å². The van der Waals surface area contributed by atoms with Gasteiger partial charge in [0.1, 0.15) is 5.82 Å². The maximum absolute atomic E-state index is 13.5. The highest BCUT2D eigenvalue weighted by molar-refractivity contribution is 7.71. The smallest absolute Gasteiger partial charge is 0.178 e. The van der Waals surface area contributed by atoms with E-state index in [-0.39, 0.29) is 5.02 Å². The molecule has 1 saturated carbocycles. The lowest BCUT2D eigenvalue weighted by Crippen LogP contribution is -2.19. The quantitative estimate of drug-likeness (QED) is 0.814. The van der Waals surface area contributed by atoms with Gasteiger partial charge in [-0.2, -0.15) is 0 Å². The van der Waals surface area contributed by atoms with E-state index in [2.05, 4.69) is 4.98 Å². The molecule has 0 amide bonds. The van der Waals surface area contributed by atoms with Crippen LogP contribution in [0.5, 0.6) is 0 Å². The predicted molar refractivity (Wildman–Crippen MR) is 84.9 cm³/mol. The van der Waals surface area contributed by atoms with Crippen molar-refractivity contribution in [1.82, 2.24) is 9.55 Å². The van der Waals surface area contributed by atoms with Crippen LogP contribution in [-0.2, 0) is 11.3 Å². The Labute approximate surface area is 133 Å². The third-order valence-electron chi connectivity index (χ3n) is 4.04. The molecular weight excluding hydrogens is 311 g/mol. The first kappa shape index (κ1) is 15.0. The highest BCUT2D eigenvalue weighted by Crippen LogP contribution is 2.23. The summed E-state index contributed by atoms with van der Waals surface area (Å²) in [5.41, 5.74) is 1.48. The maximum atomic E-state index is 13.5. The fraction of sp³-hybridized carbons (Fsp3) is 0.533. The highest BCUT2D eigenvalue weighted by Gasteiger charge is 2.14. The summed E-state index contributed by atoms with van der Waals surface area (Å²) in [5, 5.41) is 0.110. The number of H-pyrrole nitrogens is 1. The second-order valence-electron chi connectivity index (χ2n) is 5.50. The minimum Gasteiger partial charge on any atom is -0.376 e. The molecule has 3 rings (SSSR count). The summed E-state index contributed by atoms with van der Waals surface area (Å²) in [7, 11) is 0. The van der Waals surface area contributed by atoms with Crippen molar-refractivity contribution < 1.29 is 9.13 Å². The molecule has 21 heavy (non-hydrogen) atoms. The highest BCUT2D eigenvalue weighted by atomic mass is 35.5. The number of nitrogens with one attached hydrogen (secondary N) is 1. The van der Waals surface area contributed by atoms with Crippen LogP contribution in [0.1, 0.15) is 32.1 Å². The van der Waals surface area contributed by atoms with Gasteiger partial charge in [0.2, 0.25) is 0 Å². The van der Waals surface area contributed by atoms with Gasteiger partial charge in [0.05, 0.1) is 28.8 Å². The van der Waals surface area contributed by atoms with Gasteiger partial charge < -0.3 is 14.3 Å². The number of fused-ring (bicyclic) bond motifs is 1. The molecule has 1 heterocycles. The molecule has 0 unspecified atom stereocenters. The van der Waals surface area contributed by atoms with E-state index in [1.807, 2.05) is 4.57 Å². The van der Waals surface area contributed by atoms with E-state index in [1.54, 1.807) is 6.07 Å². The molecule has 1 aromatic carbocycles. The van der Waals surface area contributed by atoms with Crippen LogP contribution in [0.2, 0.25) is 5.02 Å². The molecule has 1 N–H and O–H groups in total. The molecule has 2 aromatic rings. The zero-order chi connectivity index (χ0) is 14.8. The third-order valence-corrected chi connectivity index (χ3v) is 4.65. The van der Waals surface area contributed by atoms with E-state index in [0.717, 1.165) is 18.4 Å². The summed E-state index contributed by atoms with van der Waals surface area (Å²) in [6.45, 7) is 1.26. The van der Waals surface area contributed by atoms with Crippen LogP contribution in [0, 0.1) is 10.6 Å². The Morgan fingerprint density at radius 2 is 2.10 bits per heavy atom. The number of aromatic nitrogens is 2. The van der Waals surface area contributed by atoms with E-state index >= 15 is 0 Å². The summed E-state index contributed by atoms with van der Waals surface area (Å²) in [6, 6.07) is 2.99. The number of halogens is 2. The molecule has 0 radical (unpaired) electrons. The second kappa shape index (κ2) is 6.46. The standard InChI is InChI=1S/C15H18ClFN2OS/c16-11-8-14-13(9-12(11)17)18-15(21)19(14)6-7-20-10-4-2-1-3-5-10/h8-10H,1-7H2,(H,18,21). The van der Waals surface area contributed by atoms with Crippen molar-refractivity contribution in [3.05, 3.63) is 27.7 Å². The molecule has 0 aliphatic heterocycles. The number of nitrogens with zero attached hydrogens (tertiary/aromatic N) is 1. The van der Waals surface area contributed by atoms with Crippen molar-refractivity contribution in [1.29, 1.82) is 0 Å². The van der Waals surface area contributed by atoms with Crippen LogP contribution < -0.4 is 0 Å². The van der Waals surface area contributed by atoms with Crippen molar-refractivity contribution in [2.45, 2.75) is 44.8 Å². The van der Waals surface area contributed by atoms with Gasteiger partial charge in [0.25, 0.3) is 0 Å². The van der Waals surface area contributed by atoms with Crippen LogP contribution >= 0.6 is 23.8 Å². The average molecular weight is 329 g/mol. The van der Waals surface area contributed by atoms with E-state index in [4.69, 9.17) is 28.6 Å². The van der Waals surface area contributed by atoms with Crippen molar-refractivity contribution >= 4 is 34.9 Å². The largest absolute Gasteiger partial charge is 0.376 e. The lowest BCUT2D eigenvalue weighted by molar-refractivity contribution is 0.0243. The monoisotopic (exact) mass is 328 g/mol. The van der Waals surface area contributed by atoms with Crippen LogP contribution in [-0.4, -0.2) is 22.3 Å². The Hall–Kier alpha value is -0.910. The fourth-order valence-corrected chi connectivity index (χ4v) is 3.37. The van der Waals surface area contributed by atoms with Gasteiger partial charge in [0.15, 0.2) is 4.77 Å². The van der Waals surface area contributed by atoms with Crippen molar-refractivity contribution in [2.75, 3.05) is 6.61 Å². The minimum atomic E-state index is -0.439. The van der Waals surface area contributed by atoms with E-state index in [9.17, 15) is 4.39 Å². The molecular formula is C15H18ClFN2OS. The van der Waals surface area contributed by atoms with Gasteiger partial charge in [0, 0.05) is 12.6 Å². The number of aromatic amines is 1. The minimum absolute atomic E-state index is 0.110. The molecule has 1 aromatic heterocycles. The molecule has 3 nitrogen and oxygen atoms in total. The van der Waals surface area contributed by atoms with Gasteiger partial charge in [-0.1, -0.05) is 30.9 Å². The molecule has 114 valence electrons. The van der Waals surface area contributed by atoms with Crippen molar-refractivity contribution in [3.63, 3.8) is 0 Å². The summed E-state index contributed by atoms with van der Waals surface area (Å²) in [6.07, 6.45) is 6.50. The van der Waals surface area contributed by atoms with Gasteiger partial charge in [-0.05, 0) is 31.1 Å². The Balaban J connectivity index is 1.72. The number of ether oxygens (including phenoxy) is 1. The molecule has 1 aliphatic carbocycles. The number of imidazole rings is 1. The van der Waals surface area contributed by atoms with E-state index < -0.39 is 5.82 Å². The Morgan fingerprint density at radius 1 is 1.33 bits per heavy atom. The van der Waals surface area contributed by atoms with Gasteiger partial charge >= 0.3 is 0 Å². The number of hydrogen-bond donors (Lipinski definition) is 1. The molecule has 1 fully saturated rings. The van der Waals surface area contributed by atoms with E-state index in [1.165, 1.54) is 25.3 Å². The SMILES string of the molecule is Fc1cc2[nH]c(=S)n(CCOC3CCCCC3)c2cc1Cl. The topological polar surface area (TPSA) is 29.9 Å². The van der Waals surface area contributed by atoms with Gasteiger partial charge in [-0.15, -0.1) is 0 Å². The van der Waals surface area contributed by atoms with Crippen molar-refractivity contribution in [3.8, 4) is 0 Å². The average Bonchev–Trinajstić information content (AvgIpc) is 2.76. The summed E-state index contributed by atoms with van der Waals surface area (Å²) < 4.78 is 21.9. The molecule has 0 saturated heterocycles. The molecule has 0 atom stereocenters. The predicted octanol–water partition coefficient (Wildman–Crippen LogP) is 4.84. The third kappa shape index (κ3) is 3.30. The zero-order valence-electron chi connectivity index (χ0n) is 11.7. The van der Waals surface area contributed by atoms with Crippen LogP contribution in [0.4, 0.5) is 4.39 Å². The van der Waals surface area contributed by atoms with Crippen LogP contribution in [0.3, 0.4) is 0 Å².